The number of aromatic nitrogens is 1. The molecule has 3 heteroatoms. The Morgan fingerprint density at radius 3 is 2.11 bits per heavy atom. The van der Waals surface area contributed by atoms with Gasteiger partial charge in [0.1, 0.15) is 11.5 Å². The van der Waals surface area contributed by atoms with Crippen LogP contribution < -0.4 is 4.74 Å². The highest BCUT2D eigenvalue weighted by Crippen LogP contribution is 2.24. The number of hydrogen-bond acceptors (Lipinski definition) is 2. The van der Waals surface area contributed by atoms with Crippen molar-refractivity contribution in [2.75, 3.05) is 0 Å². The standard InChI is InChI=1S/C24H20N2O/c1-19-16-20(18-26(19)22-8-4-2-5-9-22)17-25-21-12-14-24(15-13-21)27-23-10-6-3-7-11-23/h2-18H,1H3. The molecule has 1 heterocycles. The van der Waals surface area contributed by atoms with Gasteiger partial charge in [-0.3, -0.25) is 4.99 Å². The maximum atomic E-state index is 5.81. The Hall–Kier alpha value is -3.59. The fourth-order valence-electron chi connectivity index (χ4n) is 2.91. The maximum Gasteiger partial charge on any atom is 0.127 e. The van der Waals surface area contributed by atoms with E-state index in [-0.39, 0.29) is 0 Å². The molecule has 0 bridgehead atoms. The molecule has 27 heavy (non-hydrogen) atoms. The van der Waals surface area contributed by atoms with E-state index >= 15 is 0 Å². The van der Waals surface area contributed by atoms with Crippen molar-refractivity contribution in [1.82, 2.24) is 4.57 Å². The van der Waals surface area contributed by atoms with Gasteiger partial charge >= 0.3 is 0 Å². The Labute approximate surface area is 159 Å². The number of para-hydroxylation sites is 2. The fourth-order valence-corrected chi connectivity index (χ4v) is 2.91. The van der Waals surface area contributed by atoms with Crippen LogP contribution in [-0.2, 0) is 0 Å². The van der Waals surface area contributed by atoms with Gasteiger partial charge in [0.2, 0.25) is 0 Å². The first-order valence-corrected chi connectivity index (χ1v) is 8.89. The van der Waals surface area contributed by atoms with Crippen LogP contribution in [0.1, 0.15) is 11.3 Å². The summed E-state index contributed by atoms with van der Waals surface area (Å²) < 4.78 is 7.97. The van der Waals surface area contributed by atoms with Gasteiger partial charge in [0.15, 0.2) is 0 Å². The molecule has 0 unspecified atom stereocenters. The molecular weight excluding hydrogens is 332 g/mol. The number of ether oxygens (including phenoxy) is 1. The molecule has 0 saturated heterocycles. The van der Waals surface area contributed by atoms with Gasteiger partial charge in [-0.1, -0.05) is 36.4 Å². The normalized spacial score (nSPS) is 11.0. The lowest BCUT2D eigenvalue weighted by Gasteiger charge is -2.05. The summed E-state index contributed by atoms with van der Waals surface area (Å²) in [6, 6.07) is 30.0. The lowest BCUT2D eigenvalue weighted by Crippen LogP contribution is -1.93. The lowest BCUT2D eigenvalue weighted by molar-refractivity contribution is 0.483. The van der Waals surface area contributed by atoms with Gasteiger partial charge in [0.25, 0.3) is 0 Å². The first-order valence-electron chi connectivity index (χ1n) is 8.89. The minimum absolute atomic E-state index is 0.797. The number of hydrogen-bond donors (Lipinski definition) is 0. The van der Waals surface area contributed by atoms with E-state index in [9.17, 15) is 0 Å². The second-order valence-corrected chi connectivity index (χ2v) is 6.29. The molecule has 0 amide bonds. The van der Waals surface area contributed by atoms with E-state index in [1.165, 1.54) is 5.69 Å². The average Bonchev–Trinajstić information content (AvgIpc) is 3.09. The lowest BCUT2D eigenvalue weighted by atomic mass is 10.3. The fraction of sp³-hybridized carbons (Fsp3) is 0.0417. The van der Waals surface area contributed by atoms with Gasteiger partial charge in [-0.2, -0.15) is 0 Å². The predicted molar refractivity (Wildman–Crippen MR) is 111 cm³/mol. The van der Waals surface area contributed by atoms with Gasteiger partial charge in [0.05, 0.1) is 5.69 Å². The molecule has 4 aromatic rings. The minimum atomic E-state index is 0.797. The summed E-state index contributed by atoms with van der Waals surface area (Å²) in [5.41, 5.74) is 4.29. The SMILES string of the molecule is Cc1cc(C=Nc2ccc(Oc3ccccc3)cc2)cn1-c1ccccc1. The summed E-state index contributed by atoms with van der Waals surface area (Å²) in [5.74, 6) is 1.62. The van der Waals surface area contributed by atoms with E-state index in [0.717, 1.165) is 28.4 Å². The zero-order chi connectivity index (χ0) is 18.5. The van der Waals surface area contributed by atoms with Gasteiger partial charge in [-0.25, -0.2) is 0 Å². The molecule has 0 radical (unpaired) electrons. The van der Waals surface area contributed by atoms with Crippen molar-refractivity contribution in [3.63, 3.8) is 0 Å². The van der Waals surface area contributed by atoms with Crippen molar-refractivity contribution in [2.24, 2.45) is 4.99 Å². The molecule has 4 rings (SSSR count). The maximum absolute atomic E-state index is 5.81. The molecule has 0 fully saturated rings. The number of benzene rings is 3. The summed E-state index contributed by atoms with van der Waals surface area (Å²) in [6.07, 6.45) is 3.99. The third-order valence-electron chi connectivity index (χ3n) is 4.25. The van der Waals surface area contributed by atoms with Gasteiger partial charge in [-0.05, 0) is 61.5 Å². The van der Waals surface area contributed by atoms with Crippen LogP contribution >= 0.6 is 0 Å². The highest BCUT2D eigenvalue weighted by Gasteiger charge is 2.02. The van der Waals surface area contributed by atoms with E-state index in [1.54, 1.807) is 0 Å². The third-order valence-corrected chi connectivity index (χ3v) is 4.25. The number of rotatable bonds is 5. The molecule has 1 aromatic heterocycles. The van der Waals surface area contributed by atoms with Crippen LogP contribution in [0.5, 0.6) is 11.5 Å². The molecule has 3 nitrogen and oxygen atoms in total. The zero-order valence-electron chi connectivity index (χ0n) is 15.1. The largest absolute Gasteiger partial charge is 0.457 e. The number of aryl methyl sites for hydroxylation is 1. The van der Waals surface area contributed by atoms with E-state index in [4.69, 9.17) is 4.74 Å². The predicted octanol–water partition coefficient (Wildman–Crippen LogP) is 6.33. The highest BCUT2D eigenvalue weighted by molar-refractivity contribution is 5.82. The summed E-state index contributed by atoms with van der Waals surface area (Å²) in [6.45, 7) is 2.10. The monoisotopic (exact) mass is 352 g/mol. The summed E-state index contributed by atoms with van der Waals surface area (Å²) in [4.78, 5) is 4.58. The van der Waals surface area contributed by atoms with E-state index in [1.807, 2.05) is 79.0 Å². The van der Waals surface area contributed by atoms with Gasteiger partial charge < -0.3 is 9.30 Å². The molecular formula is C24H20N2O. The van der Waals surface area contributed by atoms with Crippen molar-refractivity contribution in [2.45, 2.75) is 6.92 Å². The van der Waals surface area contributed by atoms with Crippen molar-refractivity contribution < 1.29 is 4.74 Å². The number of aliphatic imine (C=N–C) groups is 1. The first-order chi connectivity index (χ1) is 13.3. The van der Waals surface area contributed by atoms with Crippen LogP contribution in [0.2, 0.25) is 0 Å². The van der Waals surface area contributed by atoms with Crippen LogP contribution in [0.3, 0.4) is 0 Å². The Morgan fingerprint density at radius 1 is 0.778 bits per heavy atom. The Kier molecular flexibility index (Phi) is 4.84. The van der Waals surface area contributed by atoms with Gasteiger partial charge in [-0.15, -0.1) is 0 Å². The molecule has 132 valence electrons. The van der Waals surface area contributed by atoms with Crippen LogP contribution in [0.15, 0.2) is 102 Å². The topological polar surface area (TPSA) is 26.5 Å². The zero-order valence-corrected chi connectivity index (χ0v) is 15.1. The van der Waals surface area contributed by atoms with Crippen LogP contribution in [0.4, 0.5) is 5.69 Å². The number of nitrogens with zero attached hydrogens (tertiary/aromatic N) is 2. The molecule has 0 saturated carbocycles. The van der Waals surface area contributed by atoms with Crippen LogP contribution in [-0.4, -0.2) is 10.8 Å². The quantitative estimate of drug-likeness (QED) is 0.386. The summed E-state index contributed by atoms with van der Waals surface area (Å²) >= 11 is 0. The van der Waals surface area contributed by atoms with Crippen molar-refractivity contribution >= 4 is 11.9 Å². The first kappa shape index (κ1) is 16.9. The van der Waals surface area contributed by atoms with E-state index in [2.05, 4.69) is 40.9 Å². The van der Waals surface area contributed by atoms with Gasteiger partial charge in [0, 0.05) is 29.4 Å². The molecule has 0 aliphatic heterocycles. The Balaban J connectivity index is 1.47. The Morgan fingerprint density at radius 2 is 1.41 bits per heavy atom. The highest BCUT2D eigenvalue weighted by atomic mass is 16.5. The molecule has 0 N–H and O–H groups in total. The third kappa shape index (κ3) is 4.15. The molecule has 3 aromatic carbocycles. The smallest absolute Gasteiger partial charge is 0.127 e. The Bertz CT molecular complexity index is 1030. The van der Waals surface area contributed by atoms with Crippen molar-refractivity contribution in [3.8, 4) is 17.2 Å². The van der Waals surface area contributed by atoms with Crippen LogP contribution in [0.25, 0.3) is 5.69 Å². The second kappa shape index (κ2) is 7.75. The van der Waals surface area contributed by atoms with E-state index < -0.39 is 0 Å². The van der Waals surface area contributed by atoms with Crippen molar-refractivity contribution in [1.29, 1.82) is 0 Å². The molecule has 0 spiro atoms. The summed E-state index contributed by atoms with van der Waals surface area (Å²) in [5, 5.41) is 0. The van der Waals surface area contributed by atoms with E-state index in [0.29, 0.717) is 0 Å². The molecule has 0 atom stereocenters. The minimum Gasteiger partial charge on any atom is -0.457 e. The average molecular weight is 352 g/mol. The molecule has 0 aliphatic carbocycles. The van der Waals surface area contributed by atoms with Crippen LogP contribution in [0, 0.1) is 6.92 Å². The van der Waals surface area contributed by atoms with Crippen molar-refractivity contribution in [3.05, 3.63) is 108 Å². The molecule has 0 aliphatic rings. The second-order valence-electron chi connectivity index (χ2n) is 6.29. The summed E-state index contributed by atoms with van der Waals surface area (Å²) in [7, 11) is 0.